The number of ether oxygens (including phenoxy) is 1. The Kier molecular flexibility index (Phi) is 6.29. The van der Waals surface area contributed by atoms with Crippen LogP contribution in [0.25, 0.3) is 0 Å². The molecular weight excluding hydrogens is 368 g/mol. The fourth-order valence-corrected chi connectivity index (χ4v) is 2.99. The highest BCUT2D eigenvalue weighted by Crippen LogP contribution is 2.16. The molecule has 0 bridgehead atoms. The number of benzene rings is 2. The summed E-state index contributed by atoms with van der Waals surface area (Å²) in [6.45, 7) is 2.20. The Labute approximate surface area is 169 Å². The first-order valence-corrected chi connectivity index (χ1v) is 9.23. The first-order chi connectivity index (χ1) is 14.0. The van der Waals surface area contributed by atoms with Crippen molar-refractivity contribution < 1.29 is 9.53 Å². The second-order valence-corrected chi connectivity index (χ2v) is 6.74. The van der Waals surface area contributed by atoms with Crippen molar-refractivity contribution in [2.45, 2.75) is 20.0 Å². The number of hydrogen-bond acceptors (Lipinski definition) is 5. The van der Waals surface area contributed by atoms with E-state index in [4.69, 9.17) is 4.74 Å². The maximum Gasteiger partial charge on any atom is 0.255 e. The molecule has 3 rings (SSSR count). The number of hydrogen-bond donors (Lipinski definition) is 1. The van der Waals surface area contributed by atoms with Crippen LogP contribution in [0.3, 0.4) is 0 Å². The van der Waals surface area contributed by atoms with Gasteiger partial charge in [0.25, 0.3) is 5.56 Å². The topological polar surface area (TPSA) is 76.5 Å². The van der Waals surface area contributed by atoms with Crippen LogP contribution in [0.15, 0.2) is 65.5 Å². The SMILES string of the molecule is COc1ccc(NC(=O)Cn2c(N(C)Cc3ccccc3)nc(C)cc2=O)cc1. The molecule has 0 saturated carbocycles. The molecule has 1 N–H and O–H groups in total. The zero-order chi connectivity index (χ0) is 20.8. The molecule has 2 aromatic carbocycles. The van der Waals surface area contributed by atoms with E-state index in [2.05, 4.69) is 10.3 Å². The number of aromatic nitrogens is 2. The smallest absolute Gasteiger partial charge is 0.255 e. The molecule has 7 nitrogen and oxygen atoms in total. The molecule has 150 valence electrons. The highest BCUT2D eigenvalue weighted by Gasteiger charge is 2.15. The van der Waals surface area contributed by atoms with Crippen molar-refractivity contribution in [1.29, 1.82) is 0 Å². The normalized spacial score (nSPS) is 10.4. The van der Waals surface area contributed by atoms with E-state index in [0.717, 1.165) is 5.56 Å². The first kappa shape index (κ1) is 20.1. The Bertz CT molecular complexity index is 1030. The van der Waals surface area contributed by atoms with Gasteiger partial charge in [0.15, 0.2) is 0 Å². The predicted octanol–water partition coefficient (Wildman–Crippen LogP) is 2.84. The number of anilines is 2. The molecule has 1 heterocycles. The second kappa shape index (κ2) is 9.05. The van der Waals surface area contributed by atoms with E-state index in [0.29, 0.717) is 29.6 Å². The van der Waals surface area contributed by atoms with Crippen LogP contribution in [0, 0.1) is 6.92 Å². The first-order valence-electron chi connectivity index (χ1n) is 9.23. The van der Waals surface area contributed by atoms with Gasteiger partial charge in [0, 0.05) is 31.0 Å². The van der Waals surface area contributed by atoms with Gasteiger partial charge >= 0.3 is 0 Å². The summed E-state index contributed by atoms with van der Waals surface area (Å²) in [4.78, 5) is 31.5. The van der Waals surface area contributed by atoms with E-state index in [1.165, 1.54) is 10.6 Å². The van der Waals surface area contributed by atoms with Gasteiger partial charge in [-0.05, 0) is 36.8 Å². The van der Waals surface area contributed by atoms with E-state index in [9.17, 15) is 9.59 Å². The maximum absolute atomic E-state index is 12.6. The lowest BCUT2D eigenvalue weighted by Crippen LogP contribution is -2.34. The van der Waals surface area contributed by atoms with Crippen LogP contribution in [0.4, 0.5) is 11.6 Å². The Morgan fingerprint density at radius 2 is 1.83 bits per heavy atom. The van der Waals surface area contributed by atoms with Crippen molar-refractivity contribution in [3.8, 4) is 5.75 Å². The number of nitrogens with zero attached hydrogens (tertiary/aromatic N) is 3. The number of carbonyl (C=O) groups is 1. The van der Waals surface area contributed by atoms with Gasteiger partial charge in [-0.3, -0.25) is 14.2 Å². The molecule has 7 heteroatoms. The van der Waals surface area contributed by atoms with Crippen molar-refractivity contribution in [2.24, 2.45) is 0 Å². The van der Waals surface area contributed by atoms with Gasteiger partial charge in [-0.25, -0.2) is 4.98 Å². The van der Waals surface area contributed by atoms with Crippen LogP contribution in [0.5, 0.6) is 5.75 Å². The molecule has 0 aliphatic heterocycles. The number of aryl methyl sites for hydroxylation is 1. The second-order valence-electron chi connectivity index (χ2n) is 6.74. The molecule has 0 saturated heterocycles. The molecule has 1 amide bonds. The summed E-state index contributed by atoms with van der Waals surface area (Å²) in [5.74, 6) is 0.841. The van der Waals surface area contributed by atoms with E-state index in [-0.39, 0.29) is 18.0 Å². The van der Waals surface area contributed by atoms with E-state index < -0.39 is 0 Å². The van der Waals surface area contributed by atoms with Crippen LogP contribution in [0.1, 0.15) is 11.3 Å². The standard InChI is InChI=1S/C22H24N4O3/c1-16-13-21(28)26(15-20(27)24-18-9-11-19(29-3)12-10-18)22(23-16)25(2)14-17-7-5-4-6-8-17/h4-13H,14-15H2,1-3H3,(H,24,27). The molecule has 0 radical (unpaired) electrons. The average molecular weight is 392 g/mol. The molecule has 0 spiro atoms. The predicted molar refractivity (Wildman–Crippen MR) is 113 cm³/mol. The summed E-state index contributed by atoms with van der Waals surface area (Å²) >= 11 is 0. The maximum atomic E-state index is 12.6. The van der Waals surface area contributed by atoms with Gasteiger partial charge in [-0.1, -0.05) is 30.3 Å². The Balaban J connectivity index is 1.80. The number of rotatable bonds is 7. The number of nitrogens with one attached hydrogen (secondary N) is 1. The monoisotopic (exact) mass is 392 g/mol. The number of methoxy groups -OCH3 is 1. The molecule has 0 unspecified atom stereocenters. The molecular formula is C22H24N4O3. The summed E-state index contributed by atoms with van der Waals surface area (Å²) < 4.78 is 6.50. The van der Waals surface area contributed by atoms with Crippen LogP contribution < -0.4 is 20.5 Å². The summed E-state index contributed by atoms with van der Waals surface area (Å²) in [5.41, 5.74) is 2.05. The minimum Gasteiger partial charge on any atom is -0.497 e. The molecule has 0 aliphatic carbocycles. The quantitative estimate of drug-likeness (QED) is 0.669. The lowest BCUT2D eigenvalue weighted by Gasteiger charge is -2.22. The summed E-state index contributed by atoms with van der Waals surface area (Å²) in [5, 5.41) is 2.80. The third kappa shape index (κ3) is 5.22. The van der Waals surface area contributed by atoms with Crippen molar-refractivity contribution in [3.63, 3.8) is 0 Å². The van der Waals surface area contributed by atoms with Gasteiger partial charge in [-0.2, -0.15) is 0 Å². The lowest BCUT2D eigenvalue weighted by molar-refractivity contribution is -0.116. The van der Waals surface area contributed by atoms with Gasteiger partial charge in [0.1, 0.15) is 12.3 Å². The van der Waals surface area contributed by atoms with E-state index >= 15 is 0 Å². The van der Waals surface area contributed by atoms with Crippen molar-refractivity contribution in [1.82, 2.24) is 9.55 Å². The van der Waals surface area contributed by atoms with E-state index in [1.54, 1.807) is 38.3 Å². The minimum atomic E-state index is -0.308. The number of amides is 1. The molecule has 0 fully saturated rings. The fraction of sp³-hybridized carbons (Fsp3) is 0.227. The van der Waals surface area contributed by atoms with Crippen LogP contribution in [0.2, 0.25) is 0 Å². The molecule has 1 aromatic heterocycles. The highest BCUT2D eigenvalue weighted by atomic mass is 16.5. The largest absolute Gasteiger partial charge is 0.497 e. The van der Waals surface area contributed by atoms with Crippen molar-refractivity contribution >= 4 is 17.5 Å². The third-order valence-electron chi connectivity index (χ3n) is 4.40. The Morgan fingerprint density at radius 1 is 1.14 bits per heavy atom. The van der Waals surface area contributed by atoms with Crippen LogP contribution >= 0.6 is 0 Å². The summed E-state index contributed by atoms with van der Waals surface area (Å²) in [7, 11) is 3.43. The average Bonchev–Trinajstić information content (AvgIpc) is 2.71. The Hall–Kier alpha value is -3.61. The zero-order valence-electron chi connectivity index (χ0n) is 16.8. The molecule has 0 aliphatic rings. The zero-order valence-corrected chi connectivity index (χ0v) is 16.8. The summed E-state index contributed by atoms with van der Waals surface area (Å²) in [6, 6.07) is 18.3. The summed E-state index contributed by atoms with van der Waals surface area (Å²) in [6.07, 6.45) is 0. The van der Waals surface area contributed by atoms with Gasteiger partial charge in [-0.15, -0.1) is 0 Å². The van der Waals surface area contributed by atoms with Gasteiger partial charge in [0.05, 0.1) is 7.11 Å². The third-order valence-corrected chi connectivity index (χ3v) is 4.40. The minimum absolute atomic E-state index is 0.132. The molecule has 0 atom stereocenters. The highest BCUT2D eigenvalue weighted by molar-refractivity contribution is 5.90. The van der Waals surface area contributed by atoms with E-state index in [1.807, 2.05) is 42.3 Å². The molecule has 29 heavy (non-hydrogen) atoms. The van der Waals surface area contributed by atoms with Gasteiger partial charge in [0.2, 0.25) is 11.9 Å². The fourth-order valence-electron chi connectivity index (χ4n) is 2.99. The molecule has 3 aromatic rings. The van der Waals surface area contributed by atoms with Crippen molar-refractivity contribution in [3.05, 3.63) is 82.3 Å². The Morgan fingerprint density at radius 3 is 2.48 bits per heavy atom. The van der Waals surface area contributed by atoms with Gasteiger partial charge < -0.3 is 15.0 Å². The number of carbonyl (C=O) groups excluding carboxylic acids is 1. The van der Waals surface area contributed by atoms with Crippen LogP contribution in [-0.2, 0) is 17.9 Å². The van der Waals surface area contributed by atoms with Crippen LogP contribution in [-0.4, -0.2) is 29.6 Å². The lowest BCUT2D eigenvalue weighted by atomic mass is 10.2. The van der Waals surface area contributed by atoms with Crippen molar-refractivity contribution in [2.75, 3.05) is 24.4 Å².